The molecule has 2 aromatic carbocycles. The van der Waals surface area contributed by atoms with E-state index in [0.717, 1.165) is 4.68 Å². The lowest BCUT2D eigenvalue weighted by Gasteiger charge is -2.13. The molecule has 0 aliphatic carbocycles. The van der Waals surface area contributed by atoms with Crippen LogP contribution < -0.4 is 21.1 Å². The van der Waals surface area contributed by atoms with Gasteiger partial charge < -0.3 is 19.2 Å². The van der Waals surface area contributed by atoms with Gasteiger partial charge in [0.2, 0.25) is 5.89 Å². The van der Waals surface area contributed by atoms with E-state index in [1.54, 1.807) is 37.3 Å². The Bertz CT molecular complexity index is 1320. The van der Waals surface area contributed by atoms with Crippen molar-refractivity contribution in [3.8, 4) is 11.4 Å². The van der Waals surface area contributed by atoms with E-state index >= 15 is 0 Å². The summed E-state index contributed by atoms with van der Waals surface area (Å²) in [5.41, 5.74) is 0.604. The lowest BCUT2D eigenvalue weighted by molar-refractivity contribution is -0.128. The molecular formula is C27H34Cl2N4O6. The van der Waals surface area contributed by atoms with Gasteiger partial charge in [0.1, 0.15) is 5.75 Å². The van der Waals surface area contributed by atoms with Crippen LogP contribution in [0.15, 0.2) is 51.7 Å². The highest BCUT2D eigenvalue weighted by molar-refractivity contribution is 6.36. The molecule has 12 heteroatoms. The second kappa shape index (κ2) is 14.0. The maximum atomic E-state index is 12.1. The summed E-state index contributed by atoms with van der Waals surface area (Å²) in [6.07, 6.45) is -1.51. The van der Waals surface area contributed by atoms with Gasteiger partial charge in [-0.2, -0.15) is 4.68 Å². The van der Waals surface area contributed by atoms with E-state index < -0.39 is 18.0 Å². The number of nitrogens with zero attached hydrogens (tertiary/aromatic N) is 2. The normalized spacial score (nSPS) is 11.7. The van der Waals surface area contributed by atoms with Crippen molar-refractivity contribution < 1.29 is 23.5 Å². The summed E-state index contributed by atoms with van der Waals surface area (Å²) < 4.78 is 16.8. The Balaban J connectivity index is 0.000000283. The second-order valence-corrected chi connectivity index (χ2v) is 10.5. The van der Waals surface area contributed by atoms with Crippen molar-refractivity contribution in [3.63, 3.8) is 0 Å². The minimum absolute atomic E-state index is 0.0642. The predicted molar refractivity (Wildman–Crippen MR) is 151 cm³/mol. The zero-order valence-electron chi connectivity index (χ0n) is 23.0. The van der Waals surface area contributed by atoms with E-state index in [0.29, 0.717) is 34.6 Å². The summed E-state index contributed by atoms with van der Waals surface area (Å²) >= 11 is 12.3. The van der Waals surface area contributed by atoms with Gasteiger partial charge in [0, 0.05) is 23.7 Å². The zero-order valence-corrected chi connectivity index (χ0v) is 24.5. The molecule has 2 amide bonds. The number of hydrogen-bond donors (Lipinski definition) is 2. The van der Waals surface area contributed by atoms with Gasteiger partial charge in [-0.15, -0.1) is 5.10 Å². The number of anilines is 1. The average molecular weight is 581 g/mol. The van der Waals surface area contributed by atoms with Crippen LogP contribution in [0, 0.1) is 0 Å². The van der Waals surface area contributed by atoms with Gasteiger partial charge in [-0.25, -0.2) is 9.59 Å². The first-order valence-corrected chi connectivity index (χ1v) is 13.1. The van der Waals surface area contributed by atoms with E-state index in [9.17, 15) is 14.4 Å². The number of likely N-dealkylation sites (N-methyl/N-ethyl adjacent to an activating group) is 1. The Morgan fingerprint density at radius 2 is 1.72 bits per heavy atom. The van der Waals surface area contributed by atoms with Gasteiger partial charge in [0.25, 0.3) is 5.91 Å². The van der Waals surface area contributed by atoms with E-state index in [2.05, 4.69) is 15.7 Å². The summed E-state index contributed by atoms with van der Waals surface area (Å²) in [6.45, 7) is 13.3. The van der Waals surface area contributed by atoms with Gasteiger partial charge in [0.05, 0.1) is 21.8 Å². The van der Waals surface area contributed by atoms with Gasteiger partial charge in [-0.05, 0) is 45.9 Å². The standard InChI is InChI=1S/C15H18Cl2N2O3.C12H16N2O3/c1-8(2)21-12-7-11(9(16)6-10(12)17)19-14(20)22-13(18-19)15(3,4)5;1-3-13-11(15)9(2)17-12(16)14-10-7-5-4-6-8-10/h6-8H,1-5H3;4-9H,3H2,1-2H3,(H,13,15)(H,14,16). The second-order valence-electron chi connectivity index (χ2n) is 9.67. The fraction of sp³-hybridized carbons (Fsp3) is 0.407. The maximum absolute atomic E-state index is 12.1. The van der Waals surface area contributed by atoms with E-state index in [-0.39, 0.29) is 22.4 Å². The molecule has 0 bridgehead atoms. The molecule has 2 N–H and O–H groups in total. The van der Waals surface area contributed by atoms with Crippen LogP contribution in [-0.2, 0) is 14.9 Å². The minimum atomic E-state index is -0.807. The van der Waals surface area contributed by atoms with Crippen LogP contribution in [0.1, 0.15) is 54.4 Å². The van der Waals surface area contributed by atoms with Crippen LogP contribution in [0.5, 0.6) is 5.75 Å². The molecule has 0 fully saturated rings. The molecule has 0 aliphatic heterocycles. The molecule has 1 aromatic heterocycles. The zero-order chi connectivity index (χ0) is 29.3. The number of hydrogen-bond acceptors (Lipinski definition) is 7. The van der Waals surface area contributed by atoms with Crippen LogP contribution in [0.3, 0.4) is 0 Å². The lowest BCUT2D eigenvalue weighted by Crippen LogP contribution is -2.36. The van der Waals surface area contributed by atoms with Crippen molar-refractivity contribution in [3.05, 3.63) is 69.0 Å². The minimum Gasteiger partial charge on any atom is -0.489 e. The number of nitrogens with one attached hydrogen (secondary N) is 2. The van der Waals surface area contributed by atoms with Gasteiger partial charge in [-0.1, -0.05) is 62.2 Å². The Labute approximate surface area is 237 Å². The van der Waals surface area contributed by atoms with Crippen LogP contribution >= 0.6 is 23.2 Å². The number of amides is 2. The topological polar surface area (TPSA) is 125 Å². The molecule has 3 rings (SSSR count). The smallest absolute Gasteiger partial charge is 0.442 e. The number of benzene rings is 2. The molecule has 10 nitrogen and oxygen atoms in total. The molecule has 0 spiro atoms. The Morgan fingerprint density at radius 1 is 1.08 bits per heavy atom. The molecule has 1 heterocycles. The van der Waals surface area contributed by atoms with Crippen molar-refractivity contribution in [1.29, 1.82) is 0 Å². The van der Waals surface area contributed by atoms with E-state index in [1.807, 2.05) is 40.7 Å². The Kier molecular flexibility index (Phi) is 11.4. The summed E-state index contributed by atoms with van der Waals surface area (Å²) in [7, 11) is 0. The van der Waals surface area contributed by atoms with Gasteiger partial charge >= 0.3 is 11.8 Å². The number of carbonyl (C=O) groups is 2. The van der Waals surface area contributed by atoms with Crippen LogP contribution in [0.2, 0.25) is 10.0 Å². The molecule has 0 radical (unpaired) electrons. The van der Waals surface area contributed by atoms with Crippen molar-refractivity contribution >= 4 is 40.9 Å². The van der Waals surface area contributed by atoms with Crippen LogP contribution in [0.4, 0.5) is 10.5 Å². The molecule has 1 unspecified atom stereocenters. The van der Waals surface area contributed by atoms with E-state index in [4.69, 9.17) is 37.1 Å². The highest BCUT2D eigenvalue weighted by Crippen LogP contribution is 2.33. The Hall–Kier alpha value is -3.50. The quantitative estimate of drug-likeness (QED) is 0.352. The lowest BCUT2D eigenvalue weighted by atomic mass is 9.97. The molecule has 1 atom stereocenters. The highest BCUT2D eigenvalue weighted by atomic mass is 35.5. The monoisotopic (exact) mass is 580 g/mol. The van der Waals surface area contributed by atoms with Gasteiger partial charge in [-0.3, -0.25) is 10.1 Å². The fourth-order valence-corrected chi connectivity index (χ4v) is 3.47. The summed E-state index contributed by atoms with van der Waals surface area (Å²) in [5, 5.41) is 9.97. The maximum Gasteiger partial charge on any atom is 0.442 e. The number of carbonyl (C=O) groups excluding carboxylic acids is 2. The van der Waals surface area contributed by atoms with Crippen LogP contribution in [0.25, 0.3) is 5.69 Å². The Morgan fingerprint density at radius 3 is 2.26 bits per heavy atom. The fourth-order valence-electron chi connectivity index (χ4n) is 2.96. The third kappa shape index (κ3) is 9.63. The molecule has 3 aromatic rings. The molecule has 0 saturated carbocycles. The SMILES string of the molecule is CC(C)Oc1cc(-n2nc(C(C)(C)C)oc2=O)c(Cl)cc1Cl.CCNC(=O)C(C)OC(=O)Nc1ccccc1. The summed E-state index contributed by atoms with van der Waals surface area (Å²) in [5.74, 6) is -0.154. The molecule has 0 aliphatic rings. The van der Waals surface area contributed by atoms with E-state index in [1.165, 1.54) is 13.0 Å². The van der Waals surface area contributed by atoms with Crippen molar-refractivity contribution in [2.75, 3.05) is 11.9 Å². The molecule has 212 valence electrons. The average Bonchev–Trinajstić information content (AvgIpc) is 3.23. The number of ether oxygens (including phenoxy) is 2. The van der Waals surface area contributed by atoms with Crippen LogP contribution in [-0.4, -0.2) is 40.5 Å². The first kappa shape index (κ1) is 31.7. The number of aromatic nitrogens is 2. The molecule has 39 heavy (non-hydrogen) atoms. The highest BCUT2D eigenvalue weighted by Gasteiger charge is 2.24. The predicted octanol–water partition coefficient (Wildman–Crippen LogP) is 5.98. The first-order chi connectivity index (χ1) is 18.2. The number of rotatable bonds is 7. The molecule has 0 saturated heterocycles. The molecular weight excluding hydrogens is 547 g/mol. The third-order valence-electron chi connectivity index (χ3n) is 4.81. The first-order valence-electron chi connectivity index (χ1n) is 12.3. The van der Waals surface area contributed by atoms with Crippen molar-refractivity contribution in [1.82, 2.24) is 15.1 Å². The van der Waals surface area contributed by atoms with Crippen molar-refractivity contribution in [2.45, 2.75) is 66.1 Å². The third-order valence-corrected chi connectivity index (χ3v) is 5.40. The van der Waals surface area contributed by atoms with Gasteiger partial charge in [0.15, 0.2) is 6.10 Å². The van der Waals surface area contributed by atoms with Crippen molar-refractivity contribution in [2.24, 2.45) is 0 Å². The summed E-state index contributed by atoms with van der Waals surface area (Å²) in [4.78, 5) is 34.8. The number of para-hydroxylation sites is 1. The number of halogens is 2. The summed E-state index contributed by atoms with van der Waals surface area (Å²) in [6, 6.07) is 12.0. The largest absolute Gasteiger partial charge is 0.489 e.